The second-order valence-electron chi connectivity index (χ2n) is 4.21. The molecule has 5 nitrogen and oxygen atoms in total. The van der Waals surface area contributed by atoms with Gasteiger partial charge in [0.2, 0.25) is 0 Å². The molecular formula is C14H14N2O3S. The van der Waals surface area contributed by atoms with Gasteiger partial charge < -0.3 is 5.11 Å². The molecule has 0 aliphatic rings. The summed E-state index contributed by atoms with van der Waals surface area (Å²) in [6.07, 6.45) is 0.825. The number of rotatable bonds is 4. The zero-order valence-corrected chi connectivity index (χ0v) is 12.0. The first-order valence-corrected chi connectivity index (χ1v) is 6.94. The minimum absolute atomic E-state index is 0.153. The summed E-state index contributed by atoms with van der Waals surface area (Å²) < 4.78 is 0. The lowest BCUT2D eigenvalue weighted by molar-refractivity contribution is 0.0696. The number of nitrogens with one attached hydrogen (secondary N) is 1. The van der Waals surface area contributed by atoms with Crippen LogP contribution in [0.1, 0.15) is 38.2 Å². The van der Waals surface area contributed by atoms with Gasteiger partial charge in [-0.3, -0.25) is 10.1 Å². The Morgan fingerprint density at radius 1 is 1.25 bits per heavy atom. The molecule has 0 fully saturated rings. The fourth-order valence-electron chi connectivity index (χ4n) is 1.74. The van der Waals surface area contributed by atoms with E-state index < -0.39 is 5.97 Å². The Morgan fingerprint density at radius 3 is 2.35 bits per heavy atom. The maximum Gasteiger partial charge on any atom is 0.335 e. The summed E-state index contributed by atoms with van der Waals surface area (Å²) in [6, 6.07) is 5.78. The predicted octanol–water partition coefficient (Wildman–Crippen LogP) is 2.96. The Kier molecular flexibility index (Phi) is 4.14. The Labute approximate surface area is 120 Å². The van der Waals surface area contributed by atoms with Gasteiger partial charge in [0.15, 0.2) is 5.13 Å². The summed E-state index contributed by atoms with van der Waals surface area (Å²) in [5, 5.41) is 12.1. The maximum atomic E-state index is 12.0. The van der Waals surface area contributed by atoms with E-state index in [1.165, 1.54) is 35.6 Å². The van der Waals surface area contributed by atoms with Crippen LogP contribution in [0.3, 0.4) is 0 Å². The van der Waals surface area contributed by atoms with E-state index in [1.54, 1.807) is 0 Å². The average molecular weight is 290 g/mol. The van der Waals surface area contributed by atoms with Crippen molar-refractivity contribution >= 4 is 28.3 Å². The number of aromatic nitrogens is 1. The van der Waals surface area contributed by atoms with Crippen molar-refractivity contribution in [3.05, 3.63) is 46.0 Å². The van der Waals surface area contributed by atoms with Gasteiger partial charge in [-0.2, -0.15) is 0 Å². The molecule has 1 amide bonds. The SMILES string of the molecule is CCc1nc(NC(=O)c2ccc(C(=O)O)cc2)sc1C. The third kappa shape index (κ3) is 3.03. The molecule has 2 aromatic rings. The van der Waals surface area contributed by atoms with Crippen molar-refractivity contribution in [1.82, 2.24) is 4.98 Å². The zero-order valence-electron chi connectivity index (χ0n) is 11.1. The fraction of sp³-hybridized carbons (Fsp3) is 0.214. The van der Waals surface area contributed by atoms with Crippen LogP contribution < -0.4 is 5.32 Å². The number of hydrogen-bond acceptors (Lipinski definition) is 4. The van der Waals surface area contributed by atoms with Gasteiger partial charge in [0.05, 0.1) is 11.3 Å². The number of aryl methyl sites for hydroxylation is 2. The third-order valence-electron chi connectivity index (χ3n) is 2.84. The van der Waals surface area contributed by atoms with Crippen LogP contribution in [0.25, 0.3) is 0 Å². The number of amides is 1. The molecule has 1 aromatic carbocycles. The Hall–Kier alpha value is -2.21. The molecule has 0 aliphatic heterocycles. The molecule has 0 bridgehead atoms. The highest BCUT2D eigenvalue weighted by Crippen LogP contribution is 2.22. The monoisotopic (exact) mass is 290 g/mol. The molecule has 1 heterocycles. The molecular weight excluding hydrogens is 276 g/mol. The number of carbonyl (C=O) groups excluding carboxylic acids is 1. The van der Waals surface area contributed by atoms with Gasteiger partial charge in [-0.1, -0.05) is 6.92 Å². The van der Waals surface area contributed by atoms with Crippen molar-refractivity contribution in [1.29, 1.82) is 0 Å². The minimum atomic E-state index is -1.01. The lowest BCUT2D eigenvalue weighted by atomic mass is 10.1. The van der Waals surface area contributed by atoms with Crippen LogP contribution in [-0.4, -0.2) is 22.0 Å². The quantitative estimate of drug-likeness (QED) is 0.907. The van der Waals surface area contributed by atoms with Crippen LogP contribution in [0.4, 0.5) is 5.13 Å². The number of carboxylic acids is 1. The Morgan fingerprint density at radius 2 is 1.85 bits per heavy atom. The molecule has 2 rings (SSSR count). The number of thiazole rings is 1. The largest absolute Gasteiger partial charge is 0.478 e. The number of hydrogen-bond donors (Lipinski definition) is 2. The Balaban J connectivity index is 2.13. The second kappa shape index (κ2) is 5.83. The summed E-state index contributed by atoms with van der Waals surface area (Å²) in [7, 11) is 0. The van der Waals surface area contributed by atoms with Gasteiger partial charge in [0.1, 0.15) is 0 Å². The highest BCUT2D eigenvalue weighted by Gasteiger charge is 2.11. The number of anilines is 1. The first-order chi connectivity index (χ1) is 9.51. The smallest absolute Gasteiger partial charge is 0.335 e. The average Bonchev–Trinajstić information content (AvgIpc) is 2.78. The lowest BCUT2D eigenvalue weighted by Gasteiger charge is -2.02. The number of nitrogens with zero attached hydrogens (tertiary/aromatic N) is 1. The predicted molar refractivity (Wildman–Crippen MR) is 77.6 cm³/mol. The molecule has 20 heavy (non-hydrogen) atoms. The molecule has 2 N–H and O–H groups in total. The van der Waals surface area contributed by atoms with Gasteiger partial charge in [-0.25, -0.2) is 9.78 Å². The van der Waals surface area contributed by atoms with Crippen LogP contribution in [-0.2, 0) is 6.42 Å². The van der Waals surface area contributed by atoms with Crippen LogP contribution in [0, 0.1) is 6.92 Å². The zero-order chi connectivity index (χ0) is 14.7. The molecule has 1 aromatic heterocycles. The van der Waals surface area contributed by atoms with Crippen molar-refractivity contribution in [2.75, 3.05) is 5.32 Å². The number of benzene rings is 1. The molecule has 104 valence electrons. The molecule has 0 aliphatic carbocycles. The number of carboxylic acid groups (broad SMARTS) is 1. The van der Waals surface area contributed by atoms with E-state index in [0.717, 1.165) is 17.0 Å². The normalized spacial score (nSPS) is 10.3. The van der Waals surface area contributed by atoms with Gasteiger partial charge in [-0.15, -0.1) is 11.3 Å². The second-order valence-corrected chi connectivity index (χ2v) is 5.42. The van der Waals surface area contributed by atoms with Crippen LogP contribution in [0.15, 0.2) is 24.3 Å². The van der Waals surface area contributed by atoms with E-state index in [2.05, 4.69) is 10.3 Å². The summed E-state index contributed by atoms with van der Waals surface area (Å²) in [4.78, 5) is 28.2. The highest BCUT2D eigenvalue weighted by molar-refractivity contribution is 7.15. The number of carbonyl (C=O) groups is 2. The molecule has 0 spiro atoms. The minimum Gasteiger partial charge on any atom is -0.478 e. The van der Waals surface area contributed by atoms with Crippen molar-refractivity contribution in [3.8, 4) is 0 Å². The standard InChI is InChI=1S/C14H14N2O3S/c1-3-11-8(2)20-14(15-11)16-12(17)9-4-6-10(7-5-9)13(18)19/h4-7H,3H2,1-2H3,(H,18,19)(H,15,16,17). The third-order valence-corrected chi connectivity index (χ3v) is 3.77. The van der Waals surface area contributed by atoms with Crippen molar-refractivity contribution in [3.63, 3.8) is 0 Å². The maximum absolute atomic E-state index is 12.0. The van der Waals surface area contributed by atoms with Crippen LogP contribution in [0.2, 0.25) is 0 Å². The summed E-state index contributed by atoms with van der Waals surface area (Å²) in [5.41, 5.74) is 1.53. The van der Waals surface area contributed by atoms with E-state index in [-0.39, 0.29) is 11.5 Å². The molecule has 0 unspecified atom stereocenters. The topological polar surface area (TPSA) is 79.3 Å². The van der Waals surface area contributed by atoms with Gasteiger partial charge in [0, 0.05) is 10.4 Å². The van der Waals surface area contributed by atoms with Gasteiger partial charge in [-0.05, 0) is 37.6 Å². The molecule has 0 radical (unpaired) electrons. The lowest BCUT2D eigenvalue weighted by Crippen LogP contribution is -2.12. The van der Waals surface area contributed by atoms with E-state index in [9.17, 15) is 9.59 Å². The van der Waals surface area contributed by atoms with Gasteiger partial charge in [0.25, 0.3) is 5.91 Å². The first-order valence-electron chi connectivity index (χ1n) is 6.12. The molecule has 0 atom stereocenters. The van der Waals surface area contributed by atoms with E-state index in [1.807, 2.05) is 13.8 Å². The van der Waals surface area contributed by atoms with E-state index in [0.29, 0.717) is 10.7 Å². The van der Waals surface area contributed by atoms with E-state index in [4.69, 9.17) is 5.11 Å². The molecule has 0 saturated carbocycles. The van der Waals surface area contributed by atoms with Crippen molar-refractivity contribution in [2.45, 2.75) is 20.3 Å². The van der Waals surface area contributed by atoms with Crippen LogP contribution in [0.5, 0.6) is 0 Å². The van der Waals surface area contributed by atoms with Crippen molar-refractivity contribution in [2.24, 2.45) is 0 Å². The van der Waals surface area contributed by atoms with Gasteiger partial charge >= 0.3 is 5.97 Å². The summed E-state index contributed by atoms with van der Waals surface area (Å²) in [6.45, 7) is 3.98. The first kappa shape index (κ1) is 14.2. The molecule has 0 saturated heterocycles. The van der Waals surface area contributed by atoms with Crippen molar-refractivity contribution < 1.29 is 14.7 Å². The Bertz CT molecular complexity index is 647. The van der Waals surface area contributed by atoms with Crippen LogP contribution >= 0.6 is 11.3 Å². The highest BCUT2D eigenvalue weighted by atomic mass is 32.1. The number of aromatic carboxylic acids is 1. The fourth-order valence-corrected chi connectivity index (χ4v) is 2.64. The molecule has 6 heteroatoms. The summed E-state index contributed by atoms with van der Waals surface area (Å²) >= 11 is 1.43. The van der Waals surface area contributed by atoms with E-state index >= 15 is 0 Å². The summed E-state index contributed by atoms with van der Waals surface area (Å²) in [5.74, 6) is -1.31.